The Labute approximate surface area is 242 Å². The maximum atomic E-state index is 13.4. The molecule has 4 aromatic rings. The quantitative estimate of drug-likeness (QED) is 0.189. The zero-order valence-electron chi connectivity index (χ0n) is 20.8. The molecule has 38 heavy (non-hydrogen) atoms. The van der Waals surface area contributed by atoms with E-state index in [-0.39, 0.29) is 57.5 Å². The van der Waals surface area contributed by atoms with Crippen LogP contribution < -0.4 is 45.5 Å². The minimum Gasteiger partial charge on any atom is -0.744 e. The summed E-state index contributed by atoms with van der Waals surface area (Å²) in [6.45, 7) is 0.694. The van der Waals surface area contributed by atoms with Crippen molar-refractivity contribution in [1.29, 1.82) is 0 Å². The Morgan fingerprint density at radius 1 is 0.842 bits per heavy atom. The Morgan fingerprint density at radius 3 is 1.97 bits per heavy atom. The van der Waals surface area contributed by atoms with Crippen LogP contribution >= 0.6 is 0 Å². The molecule has 0 heterocycles. The predicted octanol–water partition coefficient (Wildman–Crippen LogP) is 1.33. The molecule has 0 atom stereocenters. The smallest absolute Gasteiger partial charge is 0.744 e. The van der Waals surface area contributed by atoms with E-state index in [1.165, 1.54) is 12.1 Å². The van der Waals surface area contributed by atoms with E-state index in [9.17, 15) is 22.6 Å². The van der Waals surface area contributed by atoms with Gasteiger partial charge in [-0.1, -0.05) is 54.6 Å². The molecule has 8 nitrogen and oxygen atoms in total. The molecule has 0 saturated carbocycles. The fourth-order valence-electron chi connectivity index (χ4n) is 4.50. The Bertz CT molecular complexity index is 1660. The number of carbonyl (C=O) groups excluding carboxylic acids is 2. The summed E-state index contributed by atoms with van der Waals surface area (Å²) in [7, 11) is -3.08. The number of hydrogen-bond donors (Lipinski definition) is 2. The average Bonchev–Trinajstić information content (AvgIpc) is 2.88. The van der Waals surface area contributed by atoms with Gasteiger partial charge in [-0.2, -0.15) is 0 Å². The summed E-state index contributed by atoms with van der Waals surface area (Å²) in [5, 5.41) is 3.02. The van der Waals surface area contributed by atoms with Crippen LogP contribution in [0, 0.1) is 0 Å². The van der Waals surface area contributed by atoms with Crippen LogP contribution in [0.15, 0.2) is 89.8 Å². The Hall–Kier alpha value is -3.47. The van der Waals surface area contributed by atoms with E-state index in [1.54, 1.807) is 24.3 Å². The summed E-state index contributed by atoms with van der Waals surface area (Å²) < 4.78 is 35.9. The van der Waals surface area contributed by atoms with Gasteiger partial charge in [-0.15, -0.1) is 0 Å². The number of rotatable bonds is 6. The molecular formula is C28H22N3NaO5S. The zero-order valence-corrected chi connectivity index (χ0v) is 23.6. The summed E-state index contributed by atoms with van der Waals surface area (Å²) in [5.74, 6) is -1.11. The minimum atomic E-state index is -5.03. The van der Waals surface area contributed by atoms with Crippen LogP contribution in [0.3, 0.4) is 0 Å². The number of ketones is 2. The van der Waals surface area contributed by atoms with Crippen LogP contribution in [0.2, 0.25) is 0 Å². The second-order valence-electron chi connectivity index (χ2n) is 8.76. The van der Waals surface area contributed by atoms with E-state index in [4.69, 9.17) is 5.73 Å². The van der Waals surface area contributed by atoms with E-state index in [2.05, 4.69) is 10.2 Å². The summed E-state index contributed by atoms with van der Waals surface area (Å²) in [4.78, 5) is 28.0. The molecule has 3 N–H and O–H groups in total. The normalized spacial score (nSPS) is 12.3. The van der Waals surface area contributed by atoms with Crippen LogP contribution in [-0.2, 0) is 16.7 Å². The number of nitrogens with two attached hydrogens (primary N) is 1. The van der Waals surface area contributed by atoms with Crippen LogP contribution in [-0.4, -0.2) is 31.6 Å². The first-order valence-electron chi connectivity index (χ1n) is 11.4. The Morgan fingerprint density at radius 2 is 1.39 bits per heavy atom. The number of nitrogens with zero attached hydrogens (tertiary/aromatic N) is 1. The van der Waals surface area contributed by atoms with Crippen molar-refractivity contribution in [2.75, 3.05) is 23.0 Å². The number of nitrogens with one attached hydrogen (secondary N) is 1. The molecule has 0 unspecified atom stereocenters. The number of fused-ring (bicyclic) bond motifs is 2. The van der Waals surface area contributed by atoms with Gasteiger partial charge in [0.2, 0.25) is 0 Å². The van der Waals surface area contributed by atoms with Crippen molar-refractivity contribution in [3.05, 3.63) is 113 Å². The van der Waals surface area contributed by atoms with Crippen molar-refractivity contribution in [3.63, 3.8) is 0 Å². The maximum Gasteiger partial charge on any atom is 1.00 e. The number of hydrogen-bond acceptors (Lipinski definition) is 8. The third-order valence-corrected chi connectivity index (χ3v) is 7.20. The molecule has 0 radical (unpaired) electrons. The van der Waals surface area contributed by atoms with Gasteiger partial charge < -0.3 is 20.5 Å². The van der Waals surface area contributed by atoms with Gasteiger partial charge in [-0.3, -0.25) is 9.59 Å². The van der Waals surface area contributed by atoms with Crippen molar-refractivity contribution in [3.8, 4) is 0 Å². The van der Waals surface area contributed by atoms with Gasteiger partial charge in [0.15, 0.2) is 11.6 Å². The first-order valence-corrected chi connectivity index (χ1v) is 12.8. The minimum absolute atomic E-state index is 0. The molecule has 0 aromatic heterocycles. The summed E-state index contributed by atoms with van der Waals surface area (Å²) >= 11 is 0. The number of anilines is 4. The summed E-state index contributed by atoms with van der Waals surface area (Å²) in [5.41, 5.74) is 8.00. The molecular weight excluding hydrogens is 513 g/mol. The van der Waals surface area contributed by atoms with Crippen molar-refractivity contribution >= 4 is 44.4 Å². The number of benzene rings is 4. The number of carbonyl (C=O) groups is 2. The fourth-order valence-corrected chi connectivity index (χ4v) is 5.14. The van der Waals surface area contributed by atoms with Crippen molar-refractivity contribution in [2.24, 2.45) is 0 Å². The van der Waals surface area contributed by atoms with E-state index in [0.717, 1.165) is 17.3 Å². The molecule has 1 aliphatic rings. The monoisotopic (exact) mass is 535 g/mol. The van der Waals surface area contributed by atoms with Crippen molar-refractivity contribution in [1.82, 2.24) is 0 Å². The van der Waals surface area contributed by atoms with Crippen LogP contribution in [0.25, 0.3) is 0 Å². The SMILES string of the molecule is CN(Cc1ccccc1)c1ccc(Nc2cc(S(=O)(=O)[O-])c(N)c3c2C(=O)c2ccccc2C3=O)cc1.[Na+]. The Balaban J connectivity index is 0.00000336. The van der Waals surface area contributed by atoms with Crippen LogP contribution in [0.1, 0.15) is 37.4 Å². The number of nitrogen functional groups attached to an aromatic ring is 1. The first-order chi connectivity index (χ1) is 17.6. The average molecular weight is 536 g/mol. The summed E-state index contributed by atoms with van der Waals surface area (Å²) in [6.07, 6.45) is 0. The second-order valence-corrected chi connectivity index (χ2v) is 10.1. The van der Waals surface area contributed by atoms with E-state index in [1.807, 2.05) is 49.5 Å². The van der Waals surface area contributed by atoms with Crippen molar-refractivity contribution in [2.45, 2.75) is 11.4 Å². The van der Waals surface area contributed by atoms with Crippen molar-refractivity contribution < 1.29 is 52.1 Å². The molecule has 0 aliphatic heterocycles. The first kappa shape index (κ1) is 27.6. The van der Waals surface area contributed by atoms with Gasteiger partial charge in [0.25, 0.3) is 0 Å². The third-order valence-electron chi connectivity index (χ3n) is 6.32. The molecule has 5 rings (SSSR count). The molecule has 10 heteroatoms. The molecule has 186 valence electrons. The van der Waals surface area contributed by atoms with Gasteiger partial charge in [-0.25, -0.2) is 8.42 Å². The standard InChI is InChI=1S/C28H23N3O5S.Na/c1-31(16-17-7-3-2-4-8-17)19-13-11-18(12-14-19)30-22-15-23(37(34,35)36)26(29)25-24(22)27(32)20-9-5-6-10-21(20)28(25)33;/h2-15,30H,16,29H2,1H3,(H,34,35,36);/q;+1/p-1. The van der Waals surface area contributed by atoms with Gasteiger partial charge in [0.1, 0.15) is 10.1 Å². The summed E-state index contributed by atoms with van der Waals surface area (Å²) in [6, 6.07) is 24.5. The molecule has 4 aromatic carbocycles. The van der Waals surface area contributed by atoms with Gasteiger partial charge in [0.05, 0.1) is 27.4 Å². The third kappa shape index (κ3) is 5.11. The van der Waals surface area contributed by atoms with Crippen LogP contribution in [0.4, 0.5) is 22.7 Å². The maximum absolute atomic E-state index is 13.4. The molecule has 0 fully saturated rings. The van der Waals surface area contributed by atoms with E-state index in [0.29, 0.717) is 12.2 Å². The van der Waals surface area contributed by atoms with Gasteiger partial charge >= 0.3 is 29.6 Å². The molecule has 0 amide bonds. The topological polar surface area (TPSA) is 133 Å². The van der Waals surface area contributed by atoms with E-state index < -0.39 is 32.3 Å². The zero-order chi connectivity index (χ0) is 26.3. The van der Waals surface area contributed by atoms with E-state index >= 15 is 0 Å². The van der Waals surface area contributed by atoms with Crippen LogP contribution in [0.5, 0.6) is 0 Å². The molecule has 0 spiro atoms. The molecule has 0 bridgehead atoms. The second kappa shape index (κ2) is 10.7. The predicted molar refractivity (Wildman–Crippen MR) is 140 cm³/mol. The molecule has 1 aliphatic carbocycles. The largest absolute Gasteiger partial charge is 1.00 e. The van der Waals surface area contributed by atoms with Gasteiger partial charge in [-0.05, 0) is 35.9 Å². The fraction of sp³-hybridized carbons (Fsp3) is 0.0714. The molecule has 0 saturated heterocycles. The Kier molecular flexibility index (Phi) is 7.78. The van der Waals surface area contributed by atoms with Gasteiger partial charge in [0, 0.05) is 36.1 Å².